The van der Waals surface area contributed by atoms with Crippen molar-refractivity contribution >= 4 is 11.6 Å². The van der Waals surface area contributed by atoms with Gasteiger partial charge in [-0.1, -0.05) is 24.8 Å². The van der Waals surface area contributed by atoms with Gasteiger partial charge in [0.15, 0.2) is 0 Å². The van der Waals surface area contributed by atoms with Gasteiger partial charge in [0.25, 0.3) is 0 Å². The van der Waals surface area contributed by atoms with Crippen molar-refractivity contribution < 1.29 is 18.3 Å². The normalized spacial score (nSPS) is 10.6. The number of carbonyl (C=O) groups is 1. The molecule has 0 heterocycles. The number of hydrogen-bond donors (Lipinski definition) is 1. The summed E-state index contributed by atoms with van der Waals surface area (Å²) in [5.74, 6) is -1.12. The van der Waals surface area contributed by atoms with Gasteiger partial charge in [0.05, 0.1) is 12.2 Å². The fraction of sp³-hybridized carbons (Fsp3) is 0.211. The van der Waals surface area contributed by atoms with Crippen LogP contribution in [0, 0.1) is 11.6 Å². The Labute approximate surface area is 145 Å². The zero-order valence-electron chi connectivity index (χ0n) is 14.0. The van der Waals surface area contributed by atoms with Gasteiger partial charge in [-0.3, -0.25) is 9.69 Å². The summed E-state index contributed by atoms with van der Waals surface area (Å²) in [5.41, 5.74) is 0.970. The Hall–Kier alpha value is -2.73. The highest BCUT2D eigenvalue weighted by atomic mass is 19.1. The molecule has 0 saturated heterocycles. The third-order valence-corrected chi connectivity index (χ3v) is 3.36. The van der Waals surface area contributed by atoms with Crippen molar-refractivity contribution in [3.8, 4) is 5.75 Å². The van der Waals surface area contributed by atoms with E-state index in [2.05, 4.69) is 11.9 Å². The molecule has 0 unspecified atom stereocenters. The van der Waals surface area contributed by atoms with Gasteiger partial charge in [-0.2, -0.15) is 0 Å². The molecule has 1 amide bonds. The van der Waals surface area contributed by atoms with Gasteiger partial charge < -0.3 is 10.1 Å². The summed E-state index contributed by atoms with van der Waals surface area (Å²) in [6, 6.07) is 10.5. The minimum Gasteiger partial charge on any atom is -0.490 e. The molecule has 0 atom stereocenters. The summed E-state index contributed by atoms with van der Waals surface area (Å²) in [7, 11) is 1.78. The molecule has 4 nitrogen and oxygen atoms in total. The maximum absolute atomic E-state index is 13.5. The topological polar surface area (TPSA) is 41.6 Å². The van der Waals surface area contributed by atoms with Crippen molar-refractivity contribution in [1.29, 1.82) is 0 Å². The molecule has 2 rings (SSSR count). The highest BCUT2D eigenvalue weighted by molar-refractivity contribution is 5.92. The van der Waals surface area contributed by atoms with Crippen molar-refractivity contribution in [2.24, 2.45) is 0 Å². The van der Waals surface area contributed by atoms with Crippen molar-refractivity contribution in [2.75, 3.05) is 25.5 Å². The third-order valence-electron chi connectivity index (χ3n) is 3.36. The lowest BCUT2D eigenvalue weighted by Crippen LogP contribution is -2.30. The van der Waals surface area contributed by atoms with E-state index in [0.717, 1.165) is 23.4 Å². The van der Waals surface area contributed by atoms with E-state index < -0.39 is 11.6 Å². The second kappa shape index (κ2) is 8.94. The molecule has 2 aromatic carbocycles. The lowest BCUT2D eigenvalue weighted by molar-refractivity contribution is -0.117. The van der Waals surface area contributed by atoms with Crippen molar-refractivity contribution in [2.45, 2.75) is 6.54 Å². The molecule has 0 bridgehead atoms. The molecule has 0 aliphatic rings. The van der Waals surface area contributed by atoms with Crippen LogP contribution >= 0.6 is 0 Å². The predicted octanol–water partition coefficient (Wildman–Crippen LogP) is 3.60. The molecular formula is C19H20F2N2O2. The zero-order valence-corrected chi connectivity index (χ0v) is 14.0. The van der Waals surface area contributed by atoms with Crippen LogP contribution in [0.5, 0.6) is 5.75 Å². The number of carbonyl (C=O) groups excluding carboxylic acids is 1. The summed E-state index contributed by atoms with van der Waals surface area (Å²) < 4.78 is 31.8. The number of nitrogens with one attached hydrogen (secondary N) is 1. The van der Waals surface area contributed by atoms with Crippen LogP contribution in [0.15, 0.2) is 55.1 Å². The molecule has 6 heteroatoms. The average Bonchev–Trinajstić information content (AvgIpc) is 2.56. The Morgan fingerprint density at radius 2 is 1.96 bits per heavy atom. The van der Waals surface area contributed by atoms with E-state index in [-0.39, 0.29) is 18.1 Å². The number of rotatable bonds is 8. The van der Waals surface area contributed by atoms with Gasteiger partial charge in [-0.15, -0.1) is 0 Å². The fourth-order valence-electron chi connectivity index (χ4n) is 2.24. The minimum absolute atomic E-state index is 0.0384. The van der Waals surface area contributed by atoms with E-state index in [1.807, 2.05) is 24.3 Å². The number of likely N-dealkylation sites (N-methyl/N-ethyl adjacent to an activating group) is 1. The highest BCUT2D eigenvalue weighted by Gasteiger charge is 2.11. The van der Waals surface area contributed by atoms with E-state index in [9.17, 15) is 13.6 Å². The summed E-state index contributed by atoms with van der Waals surface area (Å²) >= 11 is 0. The first-order valence-electron chi connectivity index (χ1n) is 7.74. The second-order valence-electron chi connectivity index (χ2n) is 5.59. The summed E-state index contributed by atoms with van der Waals surface area (Å²) in [5, 5.41) is 2.43. The Morgan fingerprint density at radius 3 is 2.60 bits per heavy atom. The molecule has 0 aliphatic heterocycles. The first kappa shape index (κ1) is 18.6. The number of nitrogens with zero attached hydrogens (tertiary/aromatic N) is 1. The maximum Gasteiger partial charge on any atom is 0.238 e. The van der Waals surface area contributed by atoms with Crippen molar-refractivity contribution in [3.63, 3.8) is 0 Å². The number of benzene rings is 2. The van der Waals surface area contributed by atoms with Crippen LogP contribution in [0.3, 0.4) is 0 Å². The number of amides is 1. The molecule has 132 valence electrons. The first-order valence-corrected chi connectivity index (χ1v) is 7.74. The summed E-state index contributed by atoms with van der Waals surface area (Å²) in [6.45, 7) is 4.65. The lowest BCUT2D eigenvalue weighted by atomic mass is 10.2. The van der Waals surface area contributed by atoms with Crippen molar-refractivity contribution in [1.82, 2.24) is 4.90 Å². The molecule has 0 aliphatic carbocycles. The molecule has 0 spiro atoms. The number of hydrogen-bond acceptors (Lipinski definition) is 3. The van der Waals surface area contributed by atoms with Crippen LogP contribution < -0.4 is 10.1 Å². The maximum atomic E-state index is 13.5. The van der Waals surface area contributed by atoms with E-state index >= 15 is 0 Å². The smallest absolute Gasteiger partial charge is 0.238 e. The Kier molecular flexibility index (Phi) is 6.65. The van der Waals surface area contributed by atoms with Gasteiger partial charge in [-0.05, 0) is 36.9 Å². The highest BCUT2D eigenvalue weighted by Crippen LogP contribution is 2.15. The number of halogens is 2. The monoisotopic (exact) mass is 346 g/mol. The SMILES string of the molecule is C=CCOc1ccc(CN(C)CC(=O)Nc2ccc(F)cc2F)cc1. The van der Waals surface area contributed by atoms with Crippen LogP contribution in [-0.2, 0) is 11.3 Å². The largest absolute Gasteiger partial charge is 0.490 e. The van der Waals surface area contributed by atoms with E-state index in [4.69, 9.17) is 4.74 Å². The van der Waals surface area contributed by atoms with Gasteiger partial charge in [0, 0.05) is 12.6 Å². The molecule has 1 N–H and O–H groups in total. The van der Waals surface area contributed by atoms with Gasteiger partial charge in [-0.25, -0.2) is 8.78 Å². The fourth-order valence-corrected chi connectivity index (χ4v) is 2.24. The Morgan fingerprint density at radius 1 is 1.24 bits per heavy atom. The van der Waals surface area contributed by atoms with Crippen LogP contribution in [0.4, 0.5) is 14.5 Å². The molecule has 0 aromatic heterocycles. The third kappa shape index (κ3) is 6.00. The minimum atomic E-state index is -0.800. The van der Waals surface area contributed by atoms with Crippen molar-refractivity contribution in [3.05, 3.63) is 72.3 Å². The Balaban J connectivity index is 1.85. The van der Waals surface area contributed by atoms with E-state index in [1.165, 1.54) is 6.07 Å². The zero-order chi connectivity index (χ0) is 18.2. The summed E-state index contributed by atoms with van der Waals surface area (Å²) in [4.78, 5) is 13.8. The van der Waals surface area contributed by atoms with Crippen LogP contribution in [-0.4, -0.2) is 31.0 Å². The average molecular weight is 346 g/mol. The second-order valence-corrected chi connectivity index (χ2v) is 5.59. The van der Waals surface area contributed by atoms with E-state index in [0.29, 0.717) is 13.2 Å². The molecule has 2 aromatic rings. The first-order chi connectivity index (χ1) is 12.0. The molecule has 0 fully saturated rings. The van der Waals surface area contributed by atoms with E-state index in [1.54, 1.807) is 18.0 Å². The molecule has 0 radical (unpaired) electrons. The standard InChI is InChI=1S/C19H20F2N2O2/c1-3-10-25-16-7-4-14(5-8-16)12-23(2)13-19(24)22-18-9-6-15(20)11-17(18)21/h3-9,11H,1,10,12-13H2,2H3,(H,22,24). The van der Waals surface area contributed by atoms with Gasteiger partial charge >= 0.3 is 0 Å². The van der Waals surface area contributed by atoms with Crippen LogP contribution in [0.2, 0.25) is 0 Å². The van der Waals surface area contributed by atoms with Gasteiger partial charge in [0.1, 0.15) is 24.0 Å². The van der Waals surface area contributed by atoms with Gasteiger partial charge in [0.2, 0.25) is 5.91 Å². The summed E-state index contributed by atoms with van der Waals surface area (Å²) in [6.07, 6.45) is 1.67. The number of anilines is 1. The Bertz CT molecular complexity index is 733. The lowest BCUT2D eigenvalue weighted by Gasteiger charge is -2.17. The quantitative estimate of drug-likeness (QED) is 0.743. The van der Waals surface area contributed by atoms with Crippen LogP contribution in [0.25, 0.3) is 0 Å². The predicted molar refractivity (Wildman–Crippen MR) is 93.5 cm³/mol. The molecule has 0 saturated carbocycles. The van der Waals surface area contributed by atoms with Crippen LogP contribution in [0.1, 0.15) is 5.56 Å². The molecular weight excluding hydrogens is 326 g/mol. The molecule has 25 heavy (non-hydrogen) atoms. The number of ether oxygens (including phenoxy) is 1.